The van der Waals surface area contributed by atoms with Crippen LogP contribution in [0.1, 0.15) is 91.0 Å². The number of nitrogens with one attached hydrogen (secondary N) is 2. The number of rotatable bonds is 32. The second-order valence-corrected chi connectivity index (χ2v) is 27.9. The number of nitrogens with zero attached hydrogens (tertiary/aromatic N) is 6. The van der Waals surface area contributed by atoms with E-state index < -0.39 is 59.0 Å². The van der Waals surface area contributed by atoms with Gasteiger partial charge in [-0.1, -0.05) is 75.4 Å². The van der Waals surface area contributed by atoms with Crippen molar-refractivity contribution in [2.45, 2.75) is 119 Å². The third kappa shape index (κ3) is 15.6. The molecule has 2 amide bonds. The Hall–Kier alpha value is -7.24. The molecule has 0 saturated heterocycles. The molecule has 23 nitrogen and oxygen atoms in total. The van der Waals surface area contributed by atoms with Gasteiger partial charge in [0.15, 0.2) is 5.71 Å². The van der Waals surface area contributed by atoms with Gasteiger partial charge >= 0.3 is 0 Å². The molecule has 484 valence electrons. The van der Waals surface area contributed by atoms with E-state index in [0.717, 1.165) is 61.8 Å². The van der Waals surface area contributed by atoms with Gasteiger partial charge in [0, 0.05) is 72.0 Å². The first-order valence-electron chi connectivity index (χ1n) is 29.8. The van der Waals surface area contributed by atoms with E-state index in [1.165, 1.54) is 54.3 Å². The Morgan fingerprint density at radius 1 is 0.789 bits per heavy atom. The summed E-state index contributed by atoms with van der Waals surface area (Å²) in [5.41, 5.74) is 6.43. The van der Waals surface area contributed by atoms with Crippen LogP contribution in [0.2, 0.25) is 0 Å². The van der Waals surface area contributed by atoms with Crippen LogP contribution in [0.15, 0.2) is 142 Å². The number of carbonyl (C=O) groups is 2. The van der Waals surface area contributed by atoms with Crippen LogP contribution in [0.3, 0.4) is 0 Å². The van der Waals surface area contributed by atoms with Crippen molar-refractivity contribution >= 4 is 80.7 Å². The second kappa shape index (κ2) is 29.4. The van der Waals surface area contributed by atoms with E-state index in [1.807, 2.05) is 42.5 Å². The average molecular weight is 1300 g/mol. The first kappa shape index (κ1) is 68.7. The summed E-state index contributed by atoms with van der Waals surface area (Å²) in [6.07, 6.45) is 14.0. The summed E-state index contributed by atoms with van der Waals surface area (Å²) in [6.45, 7) is 17.1. The molecular formula is C64H80N8O15S3. The van der Waals surface area contributed by atoms with Gasteiger partial charge in [-0.2, -0.15) is 17.3 Å². The van der Waals surface area contributed by atoms with Crippen LogP contribution >= 0.6 is 0 Å². The van der Waals surface area contributed by atoms with Crippen LogP contribution < -0.4 is 20.4 Å². The minimum Gasteiger partial charge on any atom is -0.744 e. The molecule has 6 aromatic rings. The number of amides is 2. The molecule has 1 aromatic heterocycles. The normalized spacial score (nSPS) is 15.7. The van der Waals surface area contributed by atoms with Crippen LogP contribution in [0.5, 0.6) is 5.75 Å². The van der Waals surface area contributed by atoms with Crippen molar-refractivity contribution in [3.05, 3.63) is 144 Å². The van der Waals surface area contributed by atoms with Crippen molar-refractivity contribution in [3.8, 4) is 5.75 Å². The van der Waals surface area contributed by atoms with Gasteiger partial charge in [-0.05, 0) is 122 Å². The topological polar surface area (TPSA) is 301 Å². The van der Waals surface area contributed by atoms with Crippen LogP contribution in [0.4, 0.5) is 11.4 Å². The number of fused-ring (bicyclic) bond motifs is 6. The molecular weight excluding hydrogens is 1220 g/mol. The summed E-state index contributed by atoms with van der Waals surface area (Å²) in [5, 5.41) is 23.3. The van der Waals surface area contributed by atoms with Crippen LogP contribution in [0, 0.1) is 5.92 Å². The predicted octanol–water partition coefficient (Wildman–Crippen LogP) is 8.08. The zero-order valence-electron chi connectivity index (χ0n) is 51.9. The van der Waals surface area contributed by atoms with Gasteiger partial charge < -0.3 is 33.7 Å². The number of anilines is 1. The molecule has 4 N–H and O–H groups in total. The zero-order chi connectivity index (χ0) is 65.2. The zero-order valence-corrected chi connectivity index (χ0v) is 54.4. The number of methoxy groups -OCH3 is 1. The maximum atomic E-state index is 13.9. The van der Waals surface area contributed by atoms with Crippen molar-refractivity contribution in [2.75, 3.05) is 71.3 Å². The predicted molar refractivity (Wildman–Crippen MR) is 339 cm³/mol. The summed E-state index contributed by atoms with van der Waals surface area (Å²) in [6, 6.07) is 21.5. The first-order chi connectivity index (χ1) is 42.7. The summed E-state index contributed by atoms with van der Waals surface area (Å²) >= 11 is 0. The van der Waals surface area contributed by atoms with E-state index in [4.69, 9.17) is 18.9 Å². The van der Waals surface area contributed by atoms with Crippen LogP contribution in [-0.2, 0) is 78.0 Å². The van der Waals surface area contributed by atoms with Crippen LogP contribution in [-0.4, -0.2) is 153 Å². The average Bonchev–Trinajstić information content (AvgIpc) is 1.56. The Morgan fingerprint density at radius 2 is 1.48 bits per heavy atom. The lowest BCUT2D eigenvalue weighted by molar-refractivity contribution is -0.438. The summed E-state index contributed by atoms with van der Waals surface area (Å²) in [4.78, 5) is 27.3. The molecule has 5 aromatic carbocycles. The van der Waals surface area contributed by atoms with E-state index in [2.05, 4.69) is 71.9 Å². The monoisotopic (exact) mass is 1300 g/mol. The fraction of sp³-hybridized carbons (Fsp3) is 0.422. The first-order valence-corrected chi connectivity index (χ1v) is 34.1. The van der Waals surface area contributed by atoms with E-state index in [0.29, 0.717) is 82.0 Å². The number of allylic oxidation sites excluding steroid dienone is 6. The van der Waals surface area contributed by atoms with Crippen molar-refractivity contribution in [1.82, 2.24) is 30.1 Å². The third-order valence-electron chi connectivity index (χ3n) is 16.2. The Labute approximate surface area is 526 Å². The number of carbonyl (C=O) groups excluding carboxylic acids is 2. The highest BCUT2D eigenvalue weighted by Crippen LogP contribution is 2.51. The van der Waals surface area contributed by atoms with Gasteiger partial charge in [-0.3, -0.25) is 19.3 Å². The SMILES string of the molecule is CCN1\C(=C/C=C/C=C/C2=[N+](CCCCCC(=O)NCCOCCOCCOCCn3cc(CN([C@@H](C(=O)NO)C(C)C)S(=O)(=O)c4ccc(OC)cc4)nn3)c3ccc4ccc(S(=O)(=O)[O-])cc4c3C2(C)C)C(C)(C)c2c1ccc1c(S(=O)(=O)O)cccc21. The quantitative estimate of drug-likeness (QED) is 0.00774. The fourth-order valence-corrected chi connectivity index (χ4v) is 14.9. The lowest BCUT2D eigenvalue weighted by Crippen LogP contribution is -2.51. The van der Waals surface area contributed by atoms with E-state index >= 15 is 0 Å². The van der Waals surface area contributed by atoms with Gasteiger partial charge in [0.2, 0.25) is 21.6 Å². The molecule has 0 bridgehead atoms. The van der Waals surface area contributed by atoms with Crippen molar-refractivity contribution in [2.24, 2.45) is 5.92 Å². The smallest absolute Gasteiger partial charge is 0.295 e. The van der Waals surface area contributed by atoms with E-state index in [1.54, 1.807) is 43.7 Å². The number of hydrogen-bond acceptors (Lipinski definition) is 17. The largest absolute Gasteiger partial charge is 0.744 e. The summed E-state index contributed by atoms with van der Waals surface area (Å²) < 4.78 is 126. The lowest BCUT2D eigenvalue weighted by Gasteiger charge is -2.31. The molecule has 1 atom stereocenters. The molecule has 26 heteroatoms. The standard InChI is InChI=1S/C64H80N8O15S3/c1-9-70-53-31-29-50-51(17-16-18-55(50)90(81,82)83)59(53)63(4,5)56(70)19-12-10-13-20-57-64(6,7)60-52-41-49(89(78,79)80)26-22-45(52)23-30-54(60)71(57)33-15-11-14-21-58(73)65-32-35-85-37-39-87-40-38-86-36-34-69-42-46(66-68-69)43-72(61(44(2)3)62(74)67-75)88(76,77)48-27-24-47(84-8)25-28-48/h10,12-13,16-20,22-31,41-42,44,61H,9,11,14-15,21,32-40,43H2,1-8H3,(H4-,65,66,67,68,73,74,75,78,79,80,81,82,83)/t61-/m1/s1. The molecule has 0 aliphatic carbocycles. The maximum Gasteiger partial charge on any atom is 0.295 e. The minimum absolute atomic E-state index is 0.0738. The Morgan fingerprint density at radius 3 is 2.14 bits per heavy atom. The molecule has 0 saturated carbocycles. The van der Waals surface area contributed by atoms with Gasteiger partial charge in [0.25, 0.3) is 16.0 Å². The summed E-state index contributed by atoms with van der Waals surface area (Å²) in [7, 11) is -12.0. The van der Waals surface area contributed by atoms with Gasteiger partial charge in [0.1, 0.15) is 33.3 Å². The number of hydroxylamine groups is 1. The Kier molecular flexibility index (Phi) is 22.4. The molecule has 90 heavy (non-hydrogen) atoms. The highest BCUT2D eigenvalue weighted by Gasteiger charge is 2.46. The fourth-order valence-electron chi connectivity index (χ4n) is 12.0. The molecule has 0 spiro atoms. The highest BCUT2D eigenvalue weighted by atomic mass is 32.2. The number of unbranched alkanes of at least 4 members (excludes halogenated alkanes) is 2. The molecule has 8 rings (SSSR count). The minimum atomic E-state index is -4.73. The molecule has 0 fully saturated rings. The second-order valence-electron chi connectivity index (χ2n) is 23.3. The summed E-state index contributed by atoms with van der Waals surface area (Å²) in [5.74, 6) is -1.05. The Balaban J connectivity index is 0.783. The number of hydrogen-bond donors (Lipinski definition) is 4. The Bertz CT molecular complexity index is 4070. The van der Waals surface area contributed by atoms with E-state index in [-0.39, 0.29) is 46.0 Å². The number of likely N-dealkylation sites (N-methyl/N-ethyl adjacent to an activating group) is 1. The van der Waals surface area contributed by atoms with Gasteiger partial charge in [0.05, 0.1) is 80.7 Å². The molecule has 0 unspecified atom stereocenters. The number of aromatic nitrogens is 3. The highest BCUT2D eigenvalue weighted by molar-refractivity contribution is 7.89. The van der Waals surface area contributed by atoms with Crippen LogP contribution in [0.25, 0.3) is 21.5 Å². The van der Waals surface area contributed by atoms with Crippen molar-refractivity contribution in [3.63, 3.8) is 0 Å². The number of ether oxygens (including phenoxy) is 4. The van der Waals surface area contributed by atoms with Gasteiger partial charge in [-0.25, -0.2) is 27.0 Å². The third-order valence-corrected chi connectivity index (χ3v) is 19.8. The van der Waals surface area contributed by atoms with Crippen molar-refractivity contribution in [1.29, 1.82) is 0 Å². The lowest BCUT2D eigenvalue weighted by atomic mass is 9.79. The molecule has 2 aliphatic rings. The van der Waals surface area contributed by atoms with E-state index in [9.17, 15) is 49.2 Å². The maximum absolute atomic E-state index is 13.9. The molecule has 2 aliphatic heterocycles. The van der Waals surface area contributed by atoms with Gasteiger partial charge in [-0.15, -0.1) is 5.10 Å². The molecule has 0 radical (unpaired) electrons. The van der Waals surface area contributed by atoms with Crippen molar-refractivity contribution < 1.29 is 72.7 Å². The number of sulfonamides is 1. The number of benzene rings is 5. The molecule has 3 heterocycles.